The van der Waals surface area contributed by atoms with Crippen LogP contribution in [0.3, 0.4) is 0 Å². The summed E-state index contributed by atoms with van der Waals surface area (Å²) in [6.07, 6.45) is -0.245. The highest BCUT2D eigenvalue weighted by Gasteiger charge is 2.35. The molecule has 1 saturated heterocycles. The second kappa shape index (κ2) is 19.5. The first kappa shape index (κ1) is 40.5. The lowest BCUT2D eigenvalue weighted by molar-refractivity contribution is 0.0348. The van der Waals surface area contributed by atoms with Gasteiger partial charge >= 0.3 is 12.2 Å². The van der Waals surface area contributed by atoms with E-state index in [0.717, 1.165) is 25.1 Å². The number of carbonyl (C=O) groups is 2. The quantitative estimate of drug-likeness (QED) is 0.154. The van der Waals surface area contributed by atoms with E-state index in [4.69, 9.17) is 14.2 Å². The fourth-order valence-electron chi connectivity index (χ4n) is 5.45. The molecule has 4 rings (SSSR count). The van der Waals surface area contributed by atoms with Gasteiger partial charge in [-0.3, -0.25) is 4.90 Å². The van der Waals surface area contributed by atoms with Crippen molar-refractivity contribution in [3.05, 3.63) is 108 Å². The first-order valence-electron chi connectivity index (χ1n) is 17.7. The largest absolute Gasteiger partial charge is 0.444 e. The fourth-order valence-corrected chi connectivity index (χ4v) is 5.45. The van der Waals surface area contributed by atoms with E-state index in [1.807, 2.05) is 120 Å². The number of epoxide rings is 1. The van der Waals surface area contributed by atoms with Gasteiger partial charge in [-0.25, -0.2) is 9.59 Å². The van der Waals surface area contributed by atoms with Gasteiger partial charge in [0.15, 0.2) is 0 Å². The highest BCUT2D eigenvalue weighted by Crippen LogP contribution is 2.19. The molecule has 9 heteroatoms. The summed E-state index contributed by atoms with van der Waals surface area (Å²) in [5, 5.41) is 17.0. The number of nitrogens with one attached hydrogen (secondary N) is 2. The van der Waals surface area contributed by atoms with Gasteiger partial charge in [0.1, 0.15) is 17.3 Å². The number of hydrogen-bond acceptors (Lipinski definition) is 7. The molecular formula is C41H59N3O6. The van der Waals surface area contributed by atoms with E-state index in [1.54, 1.807) is 0 Å². The molecule has 3 aromatic rings. The Labute approximate surface area is 299 Å². The van der Waals surface area contributed by atoms with Crippen LogP contribution in [0, 0.1) is 5.92 Å². The van der Waals surface area contributed by atoms with Gasteiger partial charge in [-0.1, -0.05) is 105 Å². The van der Waals surface area contributed by atoms with Gasteiger partial charge in [0, 0.05) is 19.6 Å². The van der Waals surface area contributed by atoms with Crippen LogP contribution in [0.5, 0.6) is 0 Å². The van der Waals surface area contributed by atoms with E-state index in [-0.39, 0.29) is 18.2 Å². The van der Waals surface area contributed by atoms with Crippen LogP contribution in [0.2, 0.25) is 0 Å². The van der Waals surface area contributed by atoms with Crippen molar-refractivity contribution in [1.29, 1.82) is 0 Å². The van der Waals surface area contributed by atoms with Gasteiger partial charge in [-0.05, 0) is 77.0 Å². The van der Waals surface area contributed by atoms with Crippen LogP contribution >= 0.6 is 0 Å². The number of ether oxygens (including phenoxy) is 3. The number of hydrogen-bond donors (Lipinski definition) is 3. The third-order valence-electron chi connectivity index (χ3n) is 7.59. The second-order valence-corrected chi connectivity index (χ2v) is 15.4. The fraction of sp³-hybridized carbons (Fsp3) is 0.512. The maximum absolute atomic E-state index is 12.5. The van der Waals surface area contributed by atoms with Crippen LogP contribution in [0.1, 0.15) is 72.1 Å². The molecular weight excluding hydrogens is 630 g/mol. The lowest BCUT2D eigenvalue weighted by Crippen LogP contribution is -2.50. The van der Waals surface area contributed by atoms with Gasteiger partial charge in [-0.15, -0.1) is 0 Å². The highest BCUT2D eigenvalue weighted by atomic mass is 16.6. The molecule has 2 amide bonds. The molecule has 0 saturated carbocycles. The smallest absolute Gasteiger partial charge is 0.407 e. The van der Waals surface area contributed by atoms with Crippen molar-refractivity contribution in [2.24, 2.45) is 5.92 Å². The van der Waals surface area contributed by atoms with Gasteiger partial charge in [0.25, 0.3) is 0 Å². The van der Waals surface area contributed by atoms with Crippen LogP contribution in [0.25, 0.3) is 0 Å². The van der Waals surface area contributed by atoms with Crippen molar-refractivity contribution in [3.63, 3.8) is 0 Å². The maximum atomic E-state index is 12.5. The zero-order valence-electron chi connectivity index (χ0n) is 31.2. The predicted octanol–water partition coefficient (Wildman–Crippen LogP) is 7.16. The van der Waals surface area contributed by atoms with Crippen LogP contribution in [0.4, 0.5) is 9.59 Å². The number of nitrogens with zero attached hydrogens (tertiary/aromatic N) is 1. The first-order valence-corrected chi connectivity index (χ1v) is 17.7. The lowest BCUT2D eigenvalue weighted by Gasteiger charge is -2.32. The van der Waals surface area contributed by atoms with Crippen LogP contribution in [0.15, 0.2) is 91.0 Å². The molecule has 3 N–H and O–H groups in total. The average molecular weight is 690 g/mol. The molecule has 0 unspecified atom stereocenters. The second-order valence-electron chi connectivity index (χ2n) is 15.4. The highest BCUT2D eigenvalue weighted by molar-refractivity contribution is 5.68. The summed E-state index contributed by atoms with van der Waals surface area (Å²) in [4.78, 5) is 26.5. The number of benzene rings is 3. The summed E-state index contributed by atoms with van der Waals surface area (Å²) in [5.41, 5.74) is 2.37. The molecule has 274 valence electrons. The van der Waals surface area contributed by atoms with E-state index in [0.29, 0.717) is 25.5 Å². The molecule has 4 atom stereocenters. The Kier molecular flexibility index (Phi) is 15.8. The normalized spacial score (nSPS) is 16.0. The predicted molar refractivity (Wildman–Crippen MR) is 199 cm³/mol. The van der Waals surface area contributed by atoms with Crippen molar-refractivity contribution >= 4 is 12.2 Å². The minimum atomic E-state index is -0.741. The summed E-state index contributed by atoms with van der Waals surface area (Å²) in [5.74, 6) is 0.460. The minimum Gasteiger partial charge on any atom is -0.444 e. The topological polar surface area (TPSA) is 113 Å². The minimum absolute atomic E-state index is 0.0303. The Morgan fingerprint density at radius 2 is 1.18 bits per heavy atom. The van der Waals surface area contributed by atoms with Crippen molar-refractivity contribution in [2.75, 3.05) is 19.7 Å². The molecule has 1 aliphatic heterocycles. The van der Waals surface area contributed by atoms with Crippen molar-refractivity contribution in [1.82, 2.24) is 15.5 Å². The molecule has 0 spiro atoms. The van der Waals surface area contributed by atoms with E-state index >= 15 is 0 Å². The molecule has 1 fully saturated rings. The Bertz CT molecular complexity index is 1400. The molecule has 9 nitrogen and oxygen atoms in total. The summed E-state index contributed by atoms with van der Waals surface area (Å²) >= 11 is 0. The van der Waals surface area contributed by atoms with Gasteiger partial charge in [-0.2, -0.15) is 0 Å². The zero-order valence-corrected chi connectivity index (χ0v) is 31.2. The Balaban J connectivity index is 0.000000303. The lowest BCUT2D eigenvalue weighted by atomic mass is 10.0. The molecule has 3 aromatic carbocycles. The number of alkyl carbamates (subject to hydrolysis) is 2. The summed E-state index contributed by atoms with van der Waals surface area (Å²) in [6.45, 7) is 18.2. The van der Waals surface area contributed by atoms with Crippen molar-refractivity contribution in [3.8, 4) is 0 Å². The molecule has 0 aromatic heterocycles. The summed E-state index contributed by atoms with van der Waals surface area (Å²) in [6, 6.07) is 29.7. The van der Waals surface area contributed by atoms with Gasteiger partial charge in [0.05, 0.1) is 24.8 Å². The molecule has 0 radical (unpaired) electrons. The van der Waals surface area contributed by atoms with Crippen LogP contribution in [-0.4, -0.2) is 77.4 Å². The average Bonchev–Trinajstić information content (AvgIpc) is 3.86. The van der Waals surface area contributed by atoms with E-state index < -0.39 is 29.4 Å². The number of rotatable bonds is 14. The van der Waals surface area contributed by atoms with E-state index in [9.17, 15) is 14.7 Å². The van der Waals surface area contributed by atoms with Crippen molar-refractivity contribution in [2.45, 2.75) is 110 Å². The Morgan fingerprint density at radius 1 is 0.740 bits per heavy atom. The number of aliphatic hydroxyl groups excluding tert-OH is 1. The zero-order chi connectivity index (χ0) is 36.7. The molecule has 1 aliphatic rings. The van der Waals surface area contributed by atoms with Gasteiger partial charge in [0.2, 0.25) is 0 Å². The molecule has 1 heterocycles. The third kappa shape index (κ3) is 17.1. The maximum Gasteiger partial charge on any atom is 0.407 e. The van der Waals surface area contributed by atoms with E-state index in [2.05, 4.69) is 41.5 Å². The molecule has 50 heavy (non-hydrogen) atoms. The van der Waals surface area contributed by atoms with Crippen LogP contribution in [-0.2, 0) is 33.6 Å². The number of carbonyl (C=O) groups excluding carboxylic acids is 2. The number of aliphatic hydroxyl groups is 1. The first-order chi connectivity index (χ1) is 23.6. The van der Waals surface area contributed by atoms with E-state index in [1.165, 1.54) is 11.1 Å². The summed E-state index contributed by atoms with van der Waals surface area (Å²) < 4.78 is 16.0. The number of amides is 2. The third-order valence-corrected chi connectivity index (χ3v) is 7.59. The standard InChI is InChI=1S/C26H38N2O3.C15H21NO3/c1-20(2)17-28(18-22-14-10-7-11-15-22)19-24(29)23(16-21-12-8-6-9-13-21)27-25(30)31-26(3,4)5;1-15(2,3)19-14(17)16-12(13-10-18-13)9-11-7-5-4-6-8-11/h6-15,20,23-24,29H,16-19H2,1-5H3,(H,27,30);4-8,12-13H,9-10H2,1-3H3,(H,16,17)/t23-,24+;12-,13+/m00/s1. The molecule has 0 aliphatic carbocycles. The summed E-state index contributed by atoms with van der Waals surface area (Å²) in [7, 11) is 0. The molecule has 0 bridgehead atoms. The van der Waals surface area contributed by atoms with Gasteiger partial charge < -0.3 is 30.0 Å². The SMILES string of the molecule is CC(C)(C)OC(=O)N[C@@H](Cc1ccccc1)[C@H]1CO1.CC(C)CN(Cc1ccccc1)C[C@@H](O)[C@H](Cc1ccccc1)NC(=O)OC(C)(C)C. The Hall–Kier alpha value is -3.92. The monoisotopic (exact) mass is 689 g/mol. The van der Waals surface area contributed by atoms with Crippen LogP contribution < -0.4 is 10.6 Å². The Morgan fingerprint density at radius 3 is 1.62 bits per heavy atom. The van der Waals surface area contributed by atoms with Crippen molar-refractivity contribution < 1.29 is 28.9 Å².